The van der Waals surface area contributed by atoms with Crippen LogP contribution in [-0.4, -0.2) is 13.7 Å². The standard InChI is InChI=1S/C16H18BrNO2/c1-19-9-8-12-2-6-15(7-3-12)20-11-13-4-5-14(18)10-16(13)17/h2-7,10H,8-9,11,18H2,1H3. The minimum Gasteiger partial charge on any atom is -0.489 e. The minimum absolute atomic E-state index is 0.512. The van der Waals surface area contributed by atoms with Gasteiger partial charge < -0.3 is 15.2 Å². The second kappa shape index (κ2) is 7.31. The third-order valence-electron chi connectivity index (χ3n) is 2.99. The van der Waals surface area contributed by atoms with Crippen molar-refractivity contribution in [3.8, 4) is 5.75 Å². The lowest BCUT2D eigenvalue weighted by Gasteiger charge is -2.09. The number of anilines is 1. The molecular weight excluding hydrogens is 318 g/mol. The molecule has 2 aromatic rings. The molecule has 0 saturated heterocycles. The van der Waals surface area contributed by atoms with Gasteiger partial charge in [0.1, 0.15) is 12.4 Å². The lowest BCUT2D eigenvalue weighted by atomic mass is 10.1. The highest BCUT2D eigenvalue weighted by atomic mass is 79.9. The van der Waals surface area contributed by atoms with Gasteiger partial charge in [-0.3, -0.25) is 0 Å². The van der Waals surface area contributed by atoms with E-state index in [2.05, 4.69) is 28.1 Å². The number of benzene rings is 2. The van der Waals surface area contributed by atoms with Crippen LogP contribution in [0.5, 0.6) is 5.75 Å². The van der Waals surface area contributed by atoms with E-state index in [0.29, 0.717) is 6.61 Å². The monoisotopic (exact) mass is 335 g/mol. The van der Waals surface area contributed by atoms with E-state index in [1.54, 1.807) is 7.11 Å². The summed E-state index contributed by atoms with van der Waals surface area (Å²) in [5.74, 6) is 0.856. The predicted molar refractivity (Wildman–Crippen MR) is 84.9 cm³/mol. The highest BCUT2D eigenvalue weighted by Gasteiger charge is 2.02. The summed E-state index contributed by atoms with van der Waals surface area (Å²) >= 11 is 3.49. The topological polar surface area (TPSA) is 44.5 Å². The maximum Gasteiger partial charge on any atom is 0.119 e. The molecule has 2 rings (SSSR count). The van der Waals surface area contributed by atoms with Gasteiger partial charge in [-0.25, -0.2) is 0 Å². The average Bonchev–Trinajstić information content (AvgIpc) is 2.45. The molecule has 0 aliphatic rings. The molecule has 0 spiro atoms. The van der Waals surface area contributed by atoms with E-state index in [9.17, 15) is 0 Å². The highest BCUT2D eigenvalue weighted by molar-refractivity contribution is 9.10. The number of ether oxygens (including phenoxy) is 2. The molecule has 0 saturated carbocycles. The van der Waals surface area contributed by atoms with Crippen LogP contribution in [0.3, 0.4) is 0 Å². The molecule has 0 amide bonds. The Bertz CT molecular complexity index is 555. The van der Waals surface area contributed by atoms with Gasteiger partial charge in [-0.2, -0.15) is 0 Å². The molecule has 0 aromatic heterocycles. The number of nitrogens with two attached hydrogens (primary N) is 1. The normalized spacial score (nSPS) is 10.5. The molecule has 0 aliphatic carbocycles. The summed E-state index contributed by atoms with van der Waals surface area (Å²) in [6, 6.07) is 13.8. The molecule has 0 heterocycles. The molecule has 0 unspecified atom stereocenters. The number of methoxy groups -OCH3 is 1. The van der Waals surface area contributed by atoms with E-state index in [-0.39, 0.29) is 0 Å². The Morgan fingerprint density at radius 3 is 2.50 bits per heavy atom. The van der Waals surface area contributed by atoms with Gasteiger partial charge in [0, 0.05) is 22.8 Å². The molecule has 0 aliphatic heterocycles. The van der Waals surface area contributed by atoms with Crippen molar-refractivity contribution >= 4 is 21.6 Å². The summed E-state index contributed by atoms with van der Waals surface area (Å²) in [6.45, 7) is 1.25. The number of hydrogen-bond donors (Lipinski definition) is 1. The van der Waals surface area contributed by atoms with Crippen molar-refractivity contribution in [2.45, 2.75) is 13.0 Å². The number of hydrogen-bond acceptors (Lipinski definition) is 3. The van der Waals surface area contributed by atoms with Crippen LogP contribution in [0.15, 0.2) is 46.9 Å². The van der Waals surface area contributed by atoms with Gasteiger partial charge in [0.15, 0.2) is 0 Å². The Morgan fingerprint density at radius 2 is 1.85 bits per heavy atom. The van der Waals surface area contributed by atoms with Gasteiger partial charge in [-0.1, -0.05) is 34.1 Å². The molecular formula is C16H18BrNO2. The Balaban J connectivity index is 1.93. The molecule has 106 valence electrons. The number of nitrogen functional groups attached to an aromatic ring is 1. The summed E-state index contributed by atoms with van der Waals surface area (Å²) in [7, 11) is 1.71. The van der Waals surface area contributed by atoms with Crippen molar-refractivity contribution < 1.29 is 9.47 Å². The fraction of sp³-hybridized carbons (Fsp3) is 0.250. The second-order valence-corrected chi connectivity index (χ2v) is 5.38. The van der Waals surface area contributed by atoms with Gasteiger partial charge in [0.25, 0.3) is 0 Å². The van der Waals surface area contributed by atoms with E-state index in [1.807, 2.05) is 30.3 Å². The zero-order valence-electron chi connectivity index (χ0n) is 11.4. The summed E-state index contributed by atoms with van der Waals surface area (Å²) in [6.07, 6.45) is 0.917. The summed E-state index contributed by atoms with van der Waals surface area (Å²) in [5.41, 5.74) is 8.76. The molecule has 3 nitrogen and oxygen atoms in total. The van der Waals surface area contributed by atoms with Crippen LogP contribution in [-0.2, 0) is 17.8 Å². The lowest BCUT2D eigenvalue weighted by Crippen LogP contribution is -1.98. The number of halogens is 1. The Morgan fingerprint density at radius 1 is 1.10 bits per heavy atom. The quantitative estimate of drug-likeness (QED) is 0.816. The fourth-order valence-corrected chi connectivity index (χ4v) is 2.32. The van der Waals surface area contributed by atoms with Gasteiger partial charge in [-0.15, -0.1) is 0 Å². The second-order valence-electron chi connectivity index (χ2n) is 4.53. The van der Waals surface area contributed by atoms with Crippen molar-refractivity contribution in [1.82, 2.24) is 0 Å². The first-order valence-electron chi connectivity index (χ1n) is 6.43. The minimum atomic E-state index is 0.512. The Labute approximate surface area is 127 Å². The van der Waals surface area contributed by atoms with E-state index in [1.165, 1.54) is 5.56 Å². The van der Waals surface area contributed by atoms with Crippen LogP contribution in [0, 0.1) is 0 Å². The first-order chi connectivity index (χ1) is 9.69. The maximum absolute atomic E-state index is 5.77. The van der Waals surface area contributed by atoms with E-state index < -0.39 is 0 Å². The van der Waals surface area contributed by atoms with Crippen LogP contribution in [0.1, 0.15) is 11.1 Å². The lowest BCUT2D eigenvalue weighted by molar-refractivity contribution is 0.202. The Hall–Kier alpha value is -1.52. The molecule has 2 aromatic carbocycles. The van der Waals surface area contributed by atoms with Crippen molar-refractivity contribution in [2.24, 2.45) is 0 Å². The van der Waals surface area contributed by atoms with E-state index >= 15 is 0 Å². The van der Waals surface area contributed by atoms with Crippen LogP contribution < -0.4 is 10.5 Å². The molecule has 20 heavy (non-hydrogen) atoms. The smallest absolute Gasteiger partial charge is 0.119 e. The molecule has 0 atom stereocenters. The summed E-state index contributed by atoms with van der Waals surface area (Å²) in [5, 5.41) is 0. The Kier molecular flexibility index (Phi) is 5.44. The SMILES string of the molecule is COCCc1ccc(OCc2ccc(N)cc2Br)cc1. The zero-order valence-corrected chi connectivity index (χ0v) is 13.0. The van der Waals surface area contributed by atoms with Gasteiger partial charge in [0.2, 0.25) is 0 Å². The van der Waals surface area contributed by atoms with Gasteiger partial charge in [-0.05, 0) is 36.2 Å². The van der Waals surface area contributed by atoms with Crippen LogP contribution in [0.2, 0.25) is 0 Å². The summed E-state index contributed by atoms with van der Waals surface area (Å²) in [4.78, 5) is 0. The van der Waals surface area contributed by atoms with Crippen LogP contribution in [0.25, 0.3) is 0 Å². The molecule has 4 heteroatoms. The van der Waals surface area contributed by atoms with Crippen molar-refractivity contribution in [1.29, 1.82) is 0 Å². The zero-order chi connectivity index (χ0) is 14.4. The van der Waals surface area contributed by atoms with E-state index in [0.717, 1.165) is 34.5 Å². The fourth-order valence-electron chi connectivity index (χ4n) is 1.81. The van der Waals surface area contributed by atoms with E-state index in [4.69, 9.17) is 15.2 Å². The third kappa shape index (κ3) is 4.25. The van der Waals surface area contributed by atoms with Crippen LogP contribution >= 0.6 is 15.9 Å². The predicted octanol–water partition coefficient (Wildman–Crippen LogP) is 3.80. The van der Waals surface area contributed by atoms with Crippen molar-refractivity contribution in [2.75, 3.05) is 19.5 Å². The summed E-state index contributed by atoms with van der Waals surface area (Å²) < 4.78 is 11.8. The first kappa shape index (κ1) is 14.9. The van der Waals surface area contributed by atoms with Gasteiger partial charge in [0.05, 0.1) is 6.61 Å². The third-order valence-corrected chi connectivity index (χ3v) is 3.73. The number of rotatable bonds is 6. The average molecular weight is 336 g/mol. The molecule has 0 bridgehead atoms. The molecule has 0 radical (unpaired) electrons. The van der Waals surface area contributed by atoms with Gasteiger partial charge >= 0.3 is 0 Å². The molecule has 0 fully saturated rings. The maximum atomic E-state index is 5.77. The largest absolute Gasteiger partial charge is 0.489 e. The van der Waals surface area contributed by atoms with Crippen molar-refractivity contribution in [3.05, 3.63) is 58.1 Å². The highest BCUT2D eigenvalue weighted by Crippen LogP contribution is 2.22. The molecule has 2 N–H and O–H groups in total. The van der Waals surface area contributed by atoms with Crippen LogP contribution in [0.4, 0.5) is 5.69 Å². The van der Waals surface area contributed by atoms with Crippen molar-refractivity contribution in [3.63, 3.8) is 0 Å². The first-order valence-corrected chi connectivity index (χ1v) is 7.23.